The van der Waals surface area contributed by atoms with E-state index in [4.69, 9.17) is 0 Å². The molecule has 1 aromatic heterocycles. The summed E-state index contributed by atoms with van der Waals surface area (Å²) in [6, 6.07) is 13.3. The smallest absolute Gasteiger partial charge is 0.243 e. The van der Waals surface area contributed by atoms with E-state index in [0.717, 1.165) is 22.2 Å². The molecule has 0 saturated heterocycles. The van der Waals surface area contributed by atoms with Gasteiger partial charge in [-0.15, -0.1) is 0 Å². The van der Waals surface area contributed by atoms with E-state index < -0.39 is 0 Å². The van der Waals surface area contributed by atoms with Gasteiger partial charge in [-0.1, -0.05) is 30.3 Å². The van der Waals surface area contributed by atoms with Crippen molar-refractivity contribution in [3.8, 4) is 5.75 Å². The highest BCUT2D eigenvalue weighted by molar-refractivity contribution is 6.02. The lowest BCUT2D eigenvalue weighted by atomic mass is 10.0. The third-order valence-electron chi connectivity index (χ3n) is 3.29. The van der Waals surface area contributed by atoms with Crippen LogP contribution in [0.25, 0.3) is 10.8 Å². The van der Waals surface area contributed by atoms with Gasteiger partial charge < -0.3 is 5.11 Å². The number of aromatic hydroxyl groups is 1. The van der Waals surface area contributed by atoms with Crippen molar-refractivity contribution in [1.82, 2.24) is 9.97 Å². The lowest BCUT2D eigenvalue weighted by Gasteiger charge is -2.05. The number of nitrogens with zero attached hydrogens (tertiary/aromatic N) is 3. The summed E-state index contributed by atoms with van der Waals surface area (Å²) < 4.78 is 0. The minimum Gasteiger partial charge on any atom is -0.507 e. The average molecular weight is 292 g/mol. The molecule has 0 aliphatic heterocycles. The van der Waals surface area contributed by atoms with Crippen LogP contribution in [-0.2, 0) is 0 Å². The Balaban J connectivity index is 1.91. The summed E-state index contributed by atoms with van der Waals surface area (Å²) in [6.45, 7) is 3.81. The number of fused-ring (bicyclic) bond motifs is 1. The number of aryl methyl sites for hydroxylation is 2. The van der Waals surface area contributed by atoms with Crippen LogP contribution in [-0.4, -0.2) is 21.3 Å². The van der Waals surface area contributed by atoms with Gasteiger partial charge in [0.05, 0.1) is 6.21 Å². The van der Waals surface area contributed by atoms with E-state index in [1.165, 1.54) is 0 Å². The molecule has 5 heteroatoms. The molecule has 0 amide bonds. The molecule has 0 saturated carbocycles. The molecule has 3 rings (SSSR count). The number of phenols is 1. The van der Waals surface area contributed by atoms with Crippen molar-refractivity contribution in [1.29, 1.82) is 0 Å². The molecule has 5 nitrogen and oxygen atoms in total. The van der Waals surface area contributed by atoms with Gasteiger partial charge in [0.15, 0.2) is 0 Å². The van der Waals surface area contributed by atoms with Gasteiger partial charge in [-0.2, -0.15) is 5.10 Å². The molecule has 22 heavy (non-hydrogen) atoms. The monoisotopic (exact) mass is 292 g/mol. The fraction of sp³-hybridized carbons (Fsp3) is 0.118. The highest BCUT2D eigenvalue weighted by atomic mass is 16.3. The van der Waals surface area contributed by atoms with Gasteiger partial charge >= 0.3 is 0 Å². The lowest BCUT2D eigenvalue weighted by molar-refractivity contribution is 0.475. The summed E-state index contributed by atoms with van der Waals surface area (Å²) in [5.74, 6) is 0.624. The average Bonchev–Trinajstić information content (AvgIpc) is 2.48. The summed E-state index contributed by atoms with van der Waals surface area (Å²) in [6.07, 6.45) is 1.58. The van der Waals surface area contributed by atoms with Crippen LogP contribution >= 0.6 is 0 Å². The summed E-state index contributed by atoms with van der Waals surface area (Å²) in [5, 5.41) is 16.2. The lowest BCUT2D eigenvalue weighted by Crippen LogP contribution is -2.00. The Bertz CT molecular complexity index is 838. The topological polar surface area (TPSA) is 70.4 Å². The van der Waals surface area contributed by atoms with Gasteiger partial charge in [-0.25, -0.2) is 15.4 Å². The molecule has 0 fully saturated rings. The second-order valence-corrected chi connectivity index (χ2v) is 5.06. The number of rotatable bonds is 3. The fourth-order valence-electron chi connectivity index (χ4n) is 2.35. The highest BCUT2D eigenvalue weighted by Crippen LogP contribution is 2.25. The standard InChI is InChI=1S/C17H16N4O/c1-11-9-12(2)20-17(19-11)21-18-10-15-14-6-4-3-5-13(14)7-8-16(15)22/h3-10,22H,1-2H3,(H,19,20,21)/b18-10+. The van der Waals surface area contributed by atoms with Crippen LogP contribution in [0.4, 0.5) is 5.95 Å². The van der Waals surface area contributed by atoms with Crippen LogP contribution in [0.5, 0.6) is 5.75 Å². The number of hydrogen-bond donors (Lipinski definition) is 2. The van der Waals surface area contributed by atoms with E-state index in [0.29, 0.717) is 11.5 Å². The molecule has 1 heterocycles. The van der Waals surface area contributed by atoms with Crippen LogP contribution in [0.3, 0.4) is 0 Å². The van der Waals surface area contributed by atoms with Crippen molar-refractivity contribution in [2.24, 2.45) is 5.10 Å². The molecular formula is C17H16N4O. The fourth-order valence-corrected chi connectivity index (χ4v) is 2.35. The zero-order chi connectivity index (χ0) is 15.5. The number of nitrogens with one attached hydrogen (secondary N) is 1. The van der Waals surface area contributed by atoms with Gasteiger partial charge in [0, 0.05) is 17.0 Å². The first-order valence-corrected chi connectivity index (χ1v) is 6.95. The first-order chi connectivity index (χ1) is 10.6. The quantitative estimate of drug-likeness (QED) is 0.573. The Morgan fingerprint density at radius 1 is 1.05 bits per heavy atom. The van der Waals surface area contributed by atoms with Crippen molar-refractivity contribution < 1.29 is 5.11 Å². The maximum atomic E-state index is 10.0. The molecule has 0 atom stereocenters. The third kappa shape index (κ3) is 2.88. The molecule has 0 aliphatic carbocycles. The van der Waals surface area contributed by atoms with E-state index in [1.54, 1.807) is 12.3 Å². The zero-order valence-electron chi connectivity index (χ0n) is 12.4. The van der Waals surface area contributed by atoms with E-state index in [1.807, 2.05) is 50.2 Å². The normalized spacial score (nSPS) is 11.2. The first-order valence-electron chi connectivity index (χ1n) is 6.95. The molecular weight excluding hydrogens is 276 g/mol. The Hall–Kier alpha value is -2.95. The van der Waals surface area contributed by atoms with Gasteiger partial charge in [0.1, 0.15) is 5.75 Å². The van der Waals surface area contributed by atoms with Gasteiger partial charge in [-0.05, 0) is 36.8 Å². The van der Waals surface area contributed by atoms with E-state index in [2.05, 4.69) is 20.5 Å². The second-order valence-electron chi connectivity index (χ2n) is 5.06. The van der Waals surface area contributed by atoms with E-state index in [-0.39, 0.29) is 5.75 Å². The van der Waals surface area contributed by atoms with Crippen molar-refractivity contribution in [3.05, 3.63) is 59.4 Å². The van der Waals surface area contributed by atoms with Crippen molar-refractivity contribution in [2.45, 2.75) is 13.8 Å². The van der Waals surface area contributed by atoms with Crippen molar-refractivity contribution in [2.75, 3.05) is 5.43 Å². The van der Waals surface area contributed by atoms with E-state index in [9.17, 15) is 5.11 Å². The number of hydrazone groups is 1. The predicted octanol–water partition coefficient (Wildman–Crippen LogP) is 3.40. The molecule has 0 aliphatic rings. The summed E-state index contributed by atoms with van der Waals surface area (Å²) in [7, 11) is 0. The second kappa shape index (κ2) is 5.81. The van der Waals surface area contributed by atoms with Gasteiger partial charge in [0.2, 0.25) is 5.95 Å². The summed E-state index contributed by atoms with van der Waals surface area (Å²) in [5.41, 5.74) is 5.21. The molecule has 0 unspecified atom stereocenters. The Morgan fingerprint density at radius 3 is 2.55 bits per heavy atom. The molecule has 0 spiro atoms. The van der Waals surface area contributed by atoms with E-state index >= 15 is 0 Å². The van der Waals surface area contributed by atoms with Crippen molar-refractivity contribution in [3.63, 3.8) is 0 Å². The number of phenolic OH excluding ortho intramolecular Hbond substituents is 1. The highest BCUT2D eigenvalue weighted by Gasteiger charge is 2.04. The molecule has 2 N–H and O–H groups in total. The minimum atomic E-state index is 0.186. The number of aromatic nitrogens is 2. The maximum absolute atomic E-state index is 10.0. The molecule has 3 aromatic rings. The van der Waals surface area contributed by atoms with Crippen LogP contribution in [0.15, 0.2) is 47.6 Å². The summed E-state index contributed by atoms with van der Waals surface area (Å²) >= 11 is 0. The first kappa shape index (κ1) is 14.0. The van der Waals surface area contributed by atoms with Gasteiger partial charge in [-0.3, -0.25) is 0 Å². The van der Waals surface area contributed by atoms with Gasteiger partial charge in [0.25, 0.3) is 0 Å². The summed E-state index contributed by atoms with van der Waals surface area (Å²) in [4.78, 5) is 8.50. The van der Waals surface area contributed by atoms with Crippen LogP contribution in [0.2, 0.25) is 0 Å². The molecule has 0 bridgehead atoms. The molecule has 0 radical (unpaired) electrons. The Labute approximate surface area is 128 Å². The van der Waals surface area contributed by atoms with Crippen LogP contribution in [0.1, 0.15) is 17.0 Å². The zero-order valence-corrected chi connectivity index (χ0v) is 12.4. The third-order valence-corrected chi connectivity index (χ3v) is 3.29. The number of benzene rings is 2. The number of hydrogen-bond acceptors (Lipinski definition) is 5. The minimum absolute atomic E-state index is 0.186. The van der Waals surface area contributed by atoms with Crippen LogP contribution in [0, 0.1) is 13.8 Å². The molecule has 2 aromatic carbocycles. The van der Waals surface area contributed by atoms with Crippen molar-refractivity contribution >= 4 is 22.9 Å². The Kier molecular flexibility index (Phi) is 3.70. The SMILES string of the molecule is Cc1cc(C)nc(N/N=C/c2c(O)ccc3ccccc23)n1. The Morgan fingerprint density at radius 2 is 1.77 bits per heavy atom. The largest absolute Gasteiger partial charge is 0.507 e. The maximum Gasteiger partial charge on any atom is 0.243 e. The van der Waals surface area contributed by atoms with Crippen LogP contribution < -0.4 is 5.43 Å². The molecule has 110 valence electrons. The number of anilines is 1. The predicted molar refractivity (Wildman–Crippen MR) is 88.3 cm³/mol.